The smallest absolute Gasteiger partial charge is 0.243 e. The van der Waals surface area contributed by atoms with Crippen molar-refractivity contribution in [2.75, 3.05) is 27.2 Å². The van der Waals surface area contributed by atoms with Crippen molar-refractivity contribution < 1.29 is 13.2 Å². The summed E-state index contributed by atoms with van der Waals surface area (Å²) in [6.45, 7) is 4.05. The number of hydrogen-bond donors (Lipinski definition) is 0. The van der Waals surface area contributed by atoms with Gasteiger partial charge >= 0.3 is 0 Å². The second-order valence-electron chi connectivity index (χ2n) is 7.23. The topological polar surface area (TPSA) is 75.5 Å². The van der Waals surface area contributed by atoms with Crippen molar-refractivity contribution in [3.05, 3.63) is 24.0 Å². The van der Waals surface area contributed by atoms with Gasteiger partial charge in [-0.3, -0.25) is 4.79 Å². The zero-order valence-corrected chi connectivity index (χ0v) is 17.1. The molecule has 1 fully saturated rings. The molecule has 1 aromatic heterocycles. The van der Waals surface area contributed by atoms with Crippen LogP contribution < -0.4 is 0 Å². The van der Waals surface area contributed by atoms with E-state index in [1.165, 1.54) is 0 Å². The summed E-state index contributed by atoms with van der Waals surface area (Å²) in [6, 6.07) is 5.20. The van der Waals surface area contributed by atoms with Crippen molar-refractivity contribution in [3.8, 4) is 0 Å². The van der Waals surface area contributed by atoms with Gasteiger partial charge in [0.15, 0.2) is 0 Å². The zero-order chi connectivity index (χ0) is 19.6. The molecule has 1 aliphatic heterocycles. The zero-order valence-electron chi connectivity index (χ0n) is 16.3. The van der Waals surface area contributed by atoms with Crippen LogP contribution in [-0.2, 0) is 27.8 Å². The average Bonchev–Trinajstić information content (AvgIpc) is 3.28. The van der Waals surface area contributed by atoms with Crippen molar-refractivity contribution in [1.82, 2.24) is 18.8 Å². The quantitative estimate of drug-likeness (QED) is 0.724. The van der Waals surface area contributed by atoms with Crippen LogP contribution in [0.4, 0.5) is 0 Å². The molecule has 0 atom stereocenters. The summed E-state index contributed by atoms with van der Waals surface area (Å²) in [7, 11) is 0.0261. The number of carbonyl (C=O) groups is 1. The standard InChI is InChI=1S/C19H28N4O3S/c1-4-11-23-17-8-7-15(27(25,26)22-12-5-6-13-22)14-16(17)20-18(23)9-10-19(24)21(2)3/h7-8,14H,4-6,9-13H2,1-3H3. The Morgan fingerprint density at radius 2 is 1.93 bits per heavy atom. The van der Waals surface area contributed by atoms with Gasteiger partial charge in [-0.1, -0.05) is 6.92 Å². The van der Waals surface area contributed by atoms with Crippen LogP contribution in [0.2, 0.25) is 0 Å². The summed E-state index contributed by atoms with van der Waals surface area (Å²) in [6.07, 6.45) is 3.69. The third-order valence-corrected chi connectivity index (χ3v) is 6.90. The van der Waals surface area contributed by atoms with Crippen molar-refractivity contribution >= 4 is 27.0 Å². The van der Waals surface area contributed by atoms with Gasteiger partial charge in [0.1, 0.15) is 5.82 Å². The van der Waals surface area contributed by atoms with E-state index in [2.05, 4.69) is 16.5 Å². The van der Waals surface area contributed by atoms with E-state index in [-0.39, 0.29) is 5.91 Å². The van der Waals surface area contributed by atoms with E-state index in [0.29, 0.717) is 36.3 Å². The highest BCUT2D eigenvalue weighted by Crippen LogP contribution is 2.25. The molecule has 1 aromatic carbocycles. The molecule has 1 amide bonds. The molecule has 0 radical (unpaired) electrons. The molecule has 2 aromatic rings. The first-order valence-corrected chi connectivity index (χ1v) is 11.0. The number of sulfonamides is 1. The molecule has 3 rings (SSSR count). The van der Waals surface area contributed by atoms with Crippen LogP contribution in [0, 0.1) is 0 Å². The van der Waals surface area contributed by atoms with Gasteiger partial charge in [0.2, 0.25) is 15.9 Å². The minimum Gasteiger partial charge on any atom is -0.349 e. The van der Waals surface area contributed by atoms with Crippen LogP contribution in [-0.4, -0.2) is 60.3 Å². The number of aromatic nitrogens is 2. The number of imidazole rings is 1. The summed E-state index contributed by atoms with van der Waals surface area (Å²) in [5.74, 6) is 0.889. The molecule has 0 aliphatic carbocycles. The van der Waals surface area contributed by atoms with E-state index in [0.717, 1.165) is 37.1 Å². The highest BCUT2D eigenvalue weighted by atomic mass is 32.2. The fourth-order valence-corrected chi connectivity index (χ4v) is 5.04. The molecule has 27 heavy (non-hydrogen) atoms. The Morgan fingerprint density at radius 1 is 1.22 bits per heavy atom. The second kappa shape index (κ2) is 7.98. The number of nitrogens with zero attached hydrogens (tertiary/aromatic N) is 4. The van der Waals surface area contributed by atoms with Crippen LogP contribution in [0.1, 0.15) is 38.4 Å². The Labute approximate surface area is 161 Å². The second-order valence-corrected chi connectivity index (χ2v) is 9.17. The van der Waals surface area contributed by atoms with Gasteiger partial charge in [-0.15, -0.1) is 0 Å². The molecule has 1 aliphatic rings. The molecule has 0 bridgehead atoms. The minimum absolute atomic E-state index is 0.0578. The lowest BCUT2D eigenvalue weighted by Crippen LogP contribution is -2.27. The van der Waals surface area contributed by atoms with Crippen molar-refractivity contribution in [3.63, 3.8) is 0 Å². The first-order valence-electron chi connectivity index (χ1n) is 9.54. The van der Waals surface area contributed by atoms with E-state index < -0.39 is 10.0 Å². The third kappa shape index (κ3) is 4.01. The van der Waals surface area contributed by atoms with Gasteiger partial charge in [-0.25, -0.2) is 13.4 Å². The fraction of sp³-hybridized carbons (Fsp3) is 0.579. The van der Waals surface area contributed by atoms with Crippen LogP contribution in [0.3, 0.4) is 0 Å². The molecule has 8 heteroatoms. The molecule has 0 saturated carbocycles. The summed E-state index contributed by atoms with van der Waals surface area (Å²) in [4.78, 5) is 18.5. The Morgan fingerprint density at radius 3 is 2.56 bits per heavy atom. The minimum atomic E-state index is -3.46. The molecule has 2 heterocycles. The Bertz CT molecular complexity index is 928. The van der Waals surface area contributed by atoms with Crippen LogP contribution in [0.15, 0.2) is 23.1 Å². The molecular weight excluding hydrogens is 364 g/mol. The number of rotatable bonds is 7. The van der Waals surface area contributed by atoms with Gasteiger partial charge in [-0.2, -0.15) is 4.31 Å². The number of fused-ring (bicyclic) bond motifs is 1. The van der Waals surface area contributed by atoms with Crippen molar-refractivity contribution in [2.45, 2.75) is 50.5 Å². The maximum Gasteiger partial charge on any atom is 0.243 e. The van der Waals surface area contributed by atoms with Crippen LogP contribution in [0.5, 0.6) is 0 Å². The van der Waals surface area contributed by atoms with Crippen LogP contribution >= 0.6 is 0 Å². The monoisotopic (exact) mass is 392 g/mol. The molecule has 1 saturated heterocycles. The lowest BCUT2D eigenvalue weighted by Gasteiger charge is -2.15. The highest BCUT2D eigenvalue weighted by Gasteiger charge is 2.27. The van der Waals surface area contributed by atoms with Crippen molar-refractivity contribution in [2.24, 2.45) is 0 Å². The predicted molar refractivity (Wildman–Crippen MR) is 105 cm³/mol. The third-order valence-electron chi connectivity index (χ3n) is 5.01. The van der Waals surface area contributed by atoms with Crippen LogP contribution in [0.25, 0.3) is 11.0 Å². The normalized spacial score (nSPS) is 15.5. The van der Waals surface area contributed by atoms with E-state index in [1.54, 1.807) is 35.4 Å². The molecule has 0 unspecified atom stereocenters. The lowest BCUT2D eigenvalue weighted by molar-refractivity contribution is -0.128. The summed E-state index contributed by atoms with van der Waals surface area (Å²) >= 11 is 0. The van der Waals surface area contributed by atoms with Gasteiger partial charge in [-0.05, 0) is 37.5 Å². The summed E-state index contributed by atoms with van der Waals surface area (Å²) in [5.41, 5.74) is 1.60. The molecule has 7 nitrogen and oxygen atoms in total. The van der Waals surface area contributed by atoms with E-state index in [4.69, 9.17) is 0 Å². The van der Waals surface area contributed by atoms with E-state index in [9.17, 15) is 13.2 Å². The maximum atomic E-state index is 12.8. The van der Waals surface area contributed by atoms with E-state index in [1.807, 2.05) is 6.07 Å². The highest BCUT2D eigenvalue weighted by molar-refractivity contribution is 7.89. The van der Waals surface area contributed by atoms with Gasteiger partial charge in [0, 0.05) is 46.6 Å². The van der Waals surface area contributed by atoms with Gasteiger partial charge in [0.25, 0.3) is 0 Å². The average molecular weight is 393 g/mol. The number of carbonyl (C=O) groups excluding carboxylic acids is 1. The molecule has 0 spiro atoms. The fourth-order valence-electron chi connectivity index (χ4n) is 3.50. The maximum absolute atomic E-state index is 12.8. The van der Waals surface area contributed by atoms with Gasteiger partial charge < -0.3 is 9.47 Å². The molecule has 0 N–H and O–H groups in total. The van der Waals surface area contributed by atoms with Gasteiger partial charge in [0.05, 0.1) is 15.9 Å². The number of amides is 1. The Hall–Kier alpha value is -1.93. The Kier molecular flexibility index (Phi) is 5.86. The lowest BCUT2D eigenvalue weighted by atomic mass is 10.2. The number of hydrogen-bond acceptors (Lipinski definition) is 4. The summed E-state index contributed by atoms with van der Waals surface area (Å²) < 4.78 is 29.3. The first-order chi connectivity index (χ1) is 12.8. The predicted octanol–water partition coefficient (Wildman–Crippen LogP) is 2.25. The largest absolute Gasteiger partial charge is 0.349 e. The SMILES string of the molecule is CCCn1c(CCC(=O)N(C)C)nc2cc(S(=O)(=O)N3CCCC3)ccc21. The molecule has 148 valence electrons. The first kappa shape index (κ1) is 19.8. The van der Waals surface area contributed by atoms with Crippen molar-refractivity contribution in [1.29, 1.82) is 0 Å². The molecular formula is C19H28N4O3S. The van der Waals surface area contributed by atoms with E-state index >= 15 is 0 Å². The Balaban J connectivity index is 1.95. The summed E-state index contributed by atoms with van der Waals surface area (Å²) in [5, 5.41) is 0. The number of benzene rings is 1. The number of aryl methyl sites for hydroxylation is 2.